The van der Waals surface area contributed by atoms with Crippen molar-refractivity contribution in [2.24, 2.45) is 0 Å². The molecule has 4 aromatic rings. The van der Waals surface area contributed by atoms with Gasteiger partial charge < -0.3 is 5.32 Å². The summed E-state index contributed by atoms with van der Waals surface area (Å²) in [6, 6.07) is 13.5. The third-order valence-electron chi connectivity index (χ3n) is 3.74. The number of hydrogen-bond acceptors (Lipinski definition) is 5. The van der Waals surface area contributed by atoms with Gasteiger partial charge in [-0.25, -0.2) is 15.0 Å². The summed E-state index contributed by atoms with van der Waals surface area (Å²) in [5.41, 5.74) is 2.85. The van der Waals surface area contributed by atoms with Crippen LogP contribution >= 0.6 is 11.6 Å². The molecule has 3 heterocycles. The van der Waals surface area contributed by atoms with Gasteiger partial charge in [-0.15, -0.1) is 0 Å². The van der Waals surface area contributed by atoms with E-state index in [1.54, 1.807) is 24.7 Å². The summed E-state index contributed by atoms with van der Waals surface area (Å²) in [6.07, 6.45) is 5.07. The summed E-state index contributed by atoms with van der Waals surface area (Å²) < 4.78 is 0. The maximum absolute atomic E-state index is 5.91. The Labute approximate surface area is 149 Å². The van der Waals surface area contributed by atoms with Gasteiger partial charge in [-0.3, -0.25) is 4.98 Å². The fourth-order valence-electron chi connectivity index (χ4n) is 2.53. The number of halogens is 1. The van der Waals surface area contributed by atoms with E-state index in [-0.39, 0.29) is 0 Å². The molecule has 0 aliphatic rings. The van der Waals surface area contributed by atoms with E-state index in [1.807, 2.05) is 37.3 Å². The van der Waals surface area contributed by atoms with Crippen LogP contribution in [0.4, 0.5) is 11.6 Å². The van der Waals surface area contributed by atoms with Gasteiger partial charge in [-0.05, 0) is 43.3 Å². The molecule has 0 saturated heterocycles. The van der Waals surface area contributed by atoms with E-state index in [9.17, 15) is 0 Å². The van der Waals surface area contributed by atoms with Gasteiger partial charge >= 0.3 is 0 Å². The molecular formula is C19H14ClN5. The monoisotopic (exact) mass is 347 g/mol. The van der Waals surface area contributed by atoms with Crippen LogP contribution in [0.15, 0.2) is 61.1 Å². The second-order valence-corrected chi connectivity index (χ2v) is 6.08. The van der Waals surface area contributed by atoms with E-state index in [0.717, 1.165) is 22.0 Å². The molecule has 0 aliphatic carbocycles. The van der Waals surface area contributed by atoms with Crippen LogP contribution in [-0.4, -0.2) is 19.9 Å². The van der Waals surface area contributed by atoms with Crippen molar-refractivity contribution >= 4 is 34.1 Å². The van der Waals surface area contributed by atoms with Crippen molar-refractivity contribution in [3.8, 4) is 11.4 Å². The molecule has 25 heavy (non-hydrogen) atoms. The highest BCUT2D eigenvalue weighted by Gasteiger charge is 2.11. The number of anilines is 2. The molecule has 4 rings (SSSR count). The fourth-order valence-corrected chi connectivity index (χ4v) is 2.64. The van der Waals surface area contributed by atoms with Crippen molar-refractivity contribution in [2.45, 2.75) is 6.92 Å². The lowest BCUT2D eigenvalue weighted by atomic mass is 10.1. The molecule has 1 N–H and O–H groups in total. The third kappa shape index (κ3) is 3.27. The molecule has 0 spiro atoms. The topological polar surface area (TPSA) is 63.6 Å². The lowest BCUT2D eigenvalue weighted by Crippen LogP contribution is -2.01. The Morgan fingerprint density at radius 2 is 1.92 bits per heavy atom. The van der Waals surface area contributed by atoms with Crippen LogP contribution in [0.2, 0.25) is 5.02 Å². The van der Waals surface area contributed by atoms with Crippen molar-refractivity contribution in [1.29, 1.82) is 0 Å². The van der Waals surface area contributed by atoms with Gasteiger partial charge in [0.1, 0.15) is 11.6 Å². The molecule has 0 atom stereocenters. The Morgan fingerprint density at radius 1 is 1.00 bits per heavy atom. The van der Waals surface area contributed by atoms with Crippen LogP contribution in [0.1, 0.15) is 5.56 Å². The number of nitrogens with one attached hydrogen (secondary N) is 1. The standard InChI is InChI=1S/C19H14ClN5/c1-12-4-6-16-15(9-12)19(24-17-7-5-14(20)11-22-17)25-18(23-16)13-3-2-8-21-10-13/h2-11H,1H3,(H,22,23,24,25). The van der Waals surface area contributed by atoms with Crippen molar-refractivity contribution in [1.82, 2.24) is 19.9 Å². The van der Waals surface area contributed by atoms with Gasteiger partial charge in [-0.2, -0.15) is 0 Å². The molecule has 0 radical (unpaired) electrons. The normalized spacial score (nSPS) is 10.8. The molecule has 0 fully saturated rings. The molecule has 0 aliphatic heterocycles. The van der Waals surface area contributed by atoms with Gasteiger partial charge in [0.15, 0.2) is 5.82 Å². The first kappa shape index (κ1) is 15.5. The summed E-state index contributed by atoms with van der Waals surface area (Å²) in [5.74, 6) is 1.98. The van der Waals surface area contributed by atoms with Crippen LogP contribution in [0.25, 0.3) is 22.3 Å². The average molecular weight is 348 g/mol. The quantitative estimate of drug-likeness (QED) is 0.577. The molecule has 5 nitrogen and oxygen atoms in total. The number of aryl methyl sites for hydroxylation is 1. The Kier molecular flexibility index (Phi) is 3.99. The number of aromatic nitrogens is 4. The van der Waals surface area contributed by atoms with Crippen LogP contribution < -0.4 is 5.32 Å². The predicted molar refractivity (Wildman–Crippen MR) is 100 cm³/mol. The number of hydrogen-bond donors (Lipinski definition) is 1. The van der Waals surface area contributed by atoms with Crippen molar-refractivity contribution in [2.75, 3.05) is 5.32 Å². The second kappa shape index (κ2) is 6.45. The molecule has 3 aromatic heterocycles. The maximum atomic E-state index is 5.91. The van der Waals surface area contributed by atoms with Gasteiger partial charge in [-0.1, -0.05) is 23.2 Å². The van der Waals surface area contributed by atoms with Crippen LogP contribution in [0.5, 0.6) is 0 Å². The van der Waals surface area contributed by atoms with Crippen LogP contribution in [0, 0.1) is 6.92 Å². The second-order valence-electron chi connectivity index (χ2n) is 5.64. The first-order valence-electron chi connectivity index (χ1n) is 7.76. The molecule has 0 bridgehead atoms. The van der Waals surface area contributed by atoms with Gasteiger partial charge in [0.2, 0.25) is 0 Å². The predicted octanol–water partition coefficient (Wildman–Crippen LogP) is 4.79. The third-order valence-corrected chi connectivity index (χ3v) is 3.97. The lowest BCUT2D eigenvalue weighted by molar-refractivity contribution is 1.19. The SMILES string of the molecule is Cc1ccc2nc(-c3cccnc3)nc(Nc3ccc(Cl)cn3)c2c1. The number of benzene rings is 1. The molecule has 122 valence electrons. The molecule has 0 unspecified atom stereocenters. The summed E-state index contributed by atoms with van der Waals surface area (Å²) in [6.45, 7) is 2.04. The zero-order valence-electron chi connectivity index (χ0n) is 13.4. The van der Waals surface area contributed by atoms with Crippen LogP contribution in [0.3, 0.4) is 0 Å². The summed E-state index contributed by atoms with van der Waals surface area (Å²) in [5, 5.41) is 4.79. The maximum Gasteiger partial charge on any atom is 0.163 e. The minimum absolute atomic E-state index is 0.588. The Bertz CT molecular complexity index is 1030. The smallest absolute Gasteiger partial charge is 0.163 e. The first-order valence-corrected chi connectivity index (χ1v) is 8.14. The molecule has 1 aromatic carbocycles. The van der Waals surface area contributed by atoms with E-state index in [0.29, 0.717) is 22.5 Å². The van der Waals surface area contributed by atoms with Crippen molar-refractivity contribution in [3.05, 3.63) is 71.6 Å². The molecule has 6 heteroatoms. The van der Waals surface area contributed by atoms with E-state index in [4.69, 9.17) is 16.6 Å². The minimum Gasteiger partial charge on any atom is -0.324 e. The molecule has 0 amide bonds. The molecular weight excluding hydrogens is 334 g/mol. The molecule has 0 saturated carbocycles. The average Bonchev–Trinajstić information content (AvgIpc) is 2.64. The largest absolute Gasteiger partial charge is 0.324 e. The fraction of sp³-hybridized carbons (Fsp3) is 0.0526. The van der Waals surface area contributed by atoms with Crippen molar-refractivity contribution < 1.29 is 0 Å². The first-order chi connectivity index (χ1) is 12.2. The van der Waals surface area contributed by atoms with Gasteiger partial charge in [0.05, 0.1) is 10.5 Å². The minimum atomic E-state index is 0.588. The zero-order valence-corrected chi connectivity index (χ0v) is 14.2. The van der Waals surface area contributed by atoms with E-state index < -0.39 is 0 Å². The number of pyridine rings is 2. The zero-order chi connectivity index (χ0) is 17.2. The number of fused-ring (bicyclic) bond motifs is 1. The highest BCUT2D eigenvalue weighted by molar-refractivity contribution is 6.30. The lowest BCUT2D eigenvalue weighted by Gasteiger charge is -2.11. The number of nitrogens with zero attached hydrogens (tertiary/aromatic N) is 4. The van der Waals surface area contributed by atoms with Gasteiger partial charge in [0.25, 0.3) is 0 Å². The summed E-state index contributed by atoms with van der Waals surface area (Å²) in [7, 11) is 0. The Morgan fingerprint density at radius 3 is 2.68 bits per heavy atom. The summed E-state index contributed by atoms with van der Waals surface area (Å²) >= 11 is 5.91. The number of rotatable bonds is 3. The van der Waals surface area contributed by atoms with E-state index >= 15 is 0 Å². The van der Waals surface area contributed by atoms with Crippen LogP contribution in [-0.2, 0) is 0 Å². The van der Waals surface area contributed by atoms with E-state index in [1.165, 1.54) is 0 Å². The highest BCUT2D eigenvalue weighted by Crippen LogP contribution is 2.27. The highest BCUT2D eigenvalue weighted by atomic mass is 35.5. The van der Waals surface area contributed by atoms with E-state index in [2.05, 4.69) is 26.3 Å². The Hall–Kier alpha value is -3.05. The Balaban J connectivity index is 1.87. The van der Waals surface area contributed by atoms with Crippen molar-refractivity contribution in [3.63, 3.8) is 0 Å². The van der Waals surface area contributed by atoms with Gasteiger partial charge in [0, 0.05) is 29.5 Å². The summed E-state index contributed by atoms with van der Waals surface area (Å²) in [4.78, 5) is 17.8.